The van der Waals surface area contributed by atoms with E-state index in [-0.39, 0.29) is 6.10 Å². The van der Waals surface area contributed by atoms with E-state index in [1.54, 1.807) is 13.3 Å². The summed E-state index contributed by atoms with van der Waals surface area (Å²) in [7, 11) is 0. The van der Waals surface area contributed by atoms with Crippen molar-refractivity contribution >= 4 is 23.3 Å². The van der Waals surface area contributed by atoms with Crippen molar-refractivity contribution in [3.63, 3.8) is 0 Å². The molecule has 1 atom stereocenters. The van der Waals surface area contributed by atoms with Crippen LogP contribution in [-0.2, 0) is 9.53 Å². The Morgan fingerprint density at radius 3 is 2.50 bits per heavy atom. The van der Waals surface area contributed by atoms with Crippen molar-refractivity contribution < 1.29 is 14.3 Å². The predicted molar refractivity (Wildman–Crippen MR) is 107 cm³/mol. The van der Waals surface area contributed by atoms with Gasteiger partial charge in [-0.3, -0.25) is 0 Å². The summed E-state index contributed by atoms with van der Waals surface area (Å²) < 4.78 is 5.89. The molecule has 0 unspecified atom stereocenters. The molecule has 4 bridgehead atoms. The largest absolute Gasteiger partial charge is 0.446 e. The van der Waals surface area contributed by atoms with Gasteiger partial charge in [0, 0.05) is 23.5 Å². The zero-order valence-electron chi connectivity index (χ0n) is 16.2. The molecule has 1 aromatic heterocycles. The minimum atomic E-state index is -1.12. The molecule has 5 heteroatoms. The molecule has 4 saturated carbocycles. The number of hydrogen-bond acceptors (Lipinski definition) is 3. The van der Waals surface area contributed by atoms with Gasteiger partial charge in [0.25, 0.3) is 0 Å². The number of rotatable bonds is 5. The summed E-state index contributed by atoms with van der Waals surface area (Å²) in [6.07, 6.45) is 10.1. The van der Waals surface area contributed by atoms with Gasteiger partial charge in [0.1, 0.15) is 17.9 Å². The van der Waals surface area contributed by atoms with Crippen molar-refractivity contribution in [1.82, 2.24) is 10.3 Å². The zero-order valence-corrected chi connectivity index (χ0v) is 16.2. The SMILES string of the molecule is C[C@@]([CH]c1c[nH]c2ccccc12)(C=O)NC(=O)OC1C2CC3CC(C2)CC1C3. The quantitative estimate of drug-likeness (QED) is 0.764. The van der Waals surface area contributed by atoms with Gasteiger partial charge in [0.05, 0.1) is 0 Å². The van der Waals surface area contributed by atoms with Crippen LogP contribution in [0.4, 0.5) is 4.79 Å². The van der Waals surface area contributed by atoms with Crippen LogP contribution in [0.2, 0.25) is 0 Å². The summed E-state index contributed by atoms with van der Waals surface area (Å²) >= 11 is 0. The van der Waals surface area contributed by atoms with Gasteiger partial charge in [-0.1, -0.05) is 18.2 Å². The number of H-pyrrole nitrogens is 1. The van der Waals surface area contributed by atoms with Gasteiger partial charge < -0.3 is 19.8 Å². The van der Waals surface area contributed by atoms with E-state index in [4.69, 9.17) is 4.74 Å². The first kappa shape index (κ1) is 17.8. The van der Waals surface area contributed by atoms with Crippen molar-refractivity contribution in [3.05, 3.63) is 42.4 Å². The Kier molecular flexibility index (Phi) is 4.22. The number of benzene rings is 1. The van der Waals surface area contributed by atoms with Crippen LogP contribution in [0.5, 0.6) is 0 Å². The summed E-state index contributed by atoms with van der Waals surface area (Å²) in [5.41, 5.74) is 0.770. The highest BCUT2D eigenvalue weighted by atomic mass is 16.6. The highest BCUT2D eigenvalue weighted by molar-refractivity contribution is 5.87. The molecule has 28 heavy (non-hydrogen) atoms. The molecule has 147 valence electrons. The molecule has 1 aromatic carbocycles. The van der Waals surface area contributed by atoms with E-state index in [0.29, 0.717) is 11.8 Å². The van der Waals surface area contributed by atoms with E-state index in [0.717, 1.165) is 34.6 Å². The van der Waals surface area contributed by atoms with Crippen LogP contribution >= 0.6 is 0 Å². The highest BCUT2D eigenvalue weighted by Gasteiger charge is 2.50. The zero-order chi connectivity index (χ0) is 19.3. The van der Waals surface area contributed by atoms with Gasteiger partial charge >= 0.3 is 6.09 Å². The lowest BCUT2D eigenvalue weighted by atomic mass is 9.55. The van der Waals surface area contributed by atoms with Crippen LogP contribution in [-0.4, -0.2) is 29.0 Å². The number of aldehydes is 1. The number of para-hydroxylation sites is 1. The van der Waals surface area contributed by atoms with Crippen molar-refractivity contribution in [1.29, 1.82) is 0 Å². The minimum Gasteiger partial charge on any atom is -0.446 e. The van der Waals surface area contributed by atoms with Crippen molar-refractivity contribution in [3.8, 4) is 0 Å². The maximum absolute atomic E-state index is 12.7. The molecule has 1 radical (unpaired) electrons. The standard InChI is InChI=1S/C23H27N2O3/c1-23(13-26,11-18-12-24-20-5-3-2-4-19(18)20)25-22(27)28-21-16-7-14-6-15(9-16)10-17(21)8-14/h2-5,11-17,21,24H,6-10H2,1H3,(H,25,27)/t14?,15?,16?,17?,21?,23-/m1/s1. The van der Waals surface area contributed by atoms with E-state index in [2.05, 4.69) is 10.3 Å². The molecule has 2 N–H and O–H groups in total. The number of amides is 1. The summed E-state index contributed by atoms with van der Waals surface area (Å²) in [6, 6.07) is 7.90. The van der Waals surface area contributed by atoms with E-state index < -0.39 is 11.6 Å². The molecule has 6 rings (SSSR count). The second-order valence-electron chi connectivity index (χ2n) is 9.26. The Morgan fingerprint density at radius 1 is 1.14 bits per heavy atom. The molecule has 0 aliphatic heterocycles. The van der Waals surface area contributed by atoms with Crippen molar-refractivity contribution in [2.75, 3.05) is 0 Å². The maximum atomic E-state index is 12.7. The Morgan fingerprint density at radius 2 is 1.82 bits per heavy atom. The van der Waals surface area contributed by atoms with Gasteiger partial charge in [0.2, 0.25) is 0 Å². The third-order valence-corrected chi connectivity index (χ3v) is 7.08. The van der Waals surface area contributed by atoms with E-state index >= 15 is 0 Å². The lowest BCUT2D eigenvalue weighted by molar-refractivity contribution is -0.113. The minimum absolute atomic E-state index is 0.0109. The maximum Gasteiger partial charge on any atom is 0.408 e. The Balaban J connectivity index is 1.27. The van der Waals surface area contributed by atoms with Crippen LogP contribution in [0.25, 0.3) is 10.9 Å². The number of carbonyl (C=O) groups is 2. The number of hydrogen-bond donors (Lipinski definition) is 2. The van der Waals surface area contributed by atoms with Gasteiger partial charge in [0.15, 0.2) is 0 Å². The van der Waals surface area contributed by atoms with Crippen LogP contribution in [0, 0.1) is 30.1 Å². The molecule has 4 aliphatic rings. The second-order valence-corrected chi connectivity index (χ2v) is 9.26. The fourth-order valence-corrected chi connectivity index (χ4v) is 6.08. The Hall–Kier alpha value is -2.30. The summed E-state index contributed by atoms with van der Waals surface area (Å²) in [5, 5.41) is 3.83. The molecular formula is C23H27N2O3. The molecule has 4 aliphatic carbocycles. The smallest absolute Gasteiger partial charge is 0.408 e. The molecule has 1 amide bonds. The Bertz CT molecular complexity index is 876. The van der Waals surface area contributed by atoms with Crippen molar-refractivity contribution in [2.45, 2.75) is 50.7 Å². The highest BCUT2D eigenvalue weighted by Crippen LogP contribution is 2.54. The summed E-state index contributed by atoms with van der Waals surface area (Å²) in [4.78, 5) is 27.7. The van der Waals surface area contributed by atoms with Gasteiger partial charge in [-0.05, 0) is 74.3 Å². The first-order valence-electron chi connectivity index (χ1n) is 10.4. The summed E-state index contributed by atoms with van der Waals surface area (Å²) in [5.74, 6) is 2.67. The lowest BCUT2D eigenvalue weighted by Gasteiger charge is -2.53. The fraction of sp³-hybridized carbons (Fsp3) is 0.522. The second kappa shape index (κ2) is 6.64. The molecule has 0 saturated heterocycles. The lowest BCUT2D eigenvalue weighted by Crippen LogP contribution is -2.54. The number of aromatic amines is 1. The van der Waals surface area contributed by atoms with Gasteiger partial charge in [-0.2, -0.15) is 0 Å². The monoisotopic (exact) mass is 379 g/mol. The molecule has 5 nitrogen and oxygen atoms in total. The van der Waals surface area contributed by atoms with Gasteiger partial charge in [-0.15, -0.1) is 0 Å². The number of nitrogens with one attached hydrogen (secondary N) is 2. The number of fused-ring (bicyclic) bond motifs is 1. The summed E-state index contributed by atoms with van der Waals surface area (Å²) in [6.45, 7) is 1.71. The first-order chi connectivity index (χ1) is 13.5. The van der Waals surface area contributed by atoms with E-state index in [1.807, 2.05) is 30.5 Å². The van der Waals surface area contributed by atoms with Crippen LogP contribution in [0.3, 0.4) is 0 Å². The van der Waals surface area contributed by atoms with Crippen molar-refractivity contribution in [2.24, 2.45) is 23.7 Å². The van der Waals surface area contributed by atoms with Crippen LogP contribution < -0.4 is 5.32 Å². The Labute approximate surface area is 165 Å². The number of aromatic nitrogens is 1. The molecule has 1 heterocycles. The normalized spacial score (nSPS) is 32.8. The fourth-order valence-electron chi connectivity index (χ4n) is 6.08. The average molecular weight is 379 g/mol. The molecule has 0 spiro atoms. The third kappa shape index (κ3) is 3.11. The van der Waals surface area contributed by atoms with Crippen LogP contribution in [0.1, 0.15) is 44.6 Å². The van der Waals surface area contributed by atoms with E-state index in [9.17, 15) is 9.59 Å². The average Bonchev–Trinajstić information content (AvgIpc) is 3.07. The topological polar surface area (TPSA) is 71.2 Å². The molecule has 2 aromatic rings. The molecular weight excluding hydrogens is 352 g/mol. The number of ether oxygens (including phenoxy) is 1. The molecule has 4 fully saturated rings. The predicted octanol–water partition coefficient (Wildman–Crippen LogP) is 4.23. The first-order valence-corrected chi connectivity index (χ1v) is 10.4. The van der Waals surface area contributed by atoms with Gasteiger partial charge in [-0.25, -0.2) is 4.79 Å². The third-order valence-electron chi connectivity index (χ3n) is 7.08. The number of carbonyl (C=O) groups excluding carboxylic acids is 2. The van der Waals surface area contributed by atoms with E-state index in [1.165, 1.54) is 32.1 Å². The van der Waals surface area contributed by atoms with Crippen LogP contribution in [0.15, 0.2) is 30.5 Å². The number of alkyl carbamates (subject to hydrolysis) is 1.